The number of amides is 1. The van der Waals surface area contributed by atoms with Gasteiger partial charge in [-0.15, -0.1) is 0 Å². The van der Waals surface area contributed by atoms with Crippen molar-refractivity contribution in [2.24, 2.45) is 0 Å². The quantitative estimate of drug-likeness (QED) is 0.742. The number of carbonyl (C=O) groups excluding carboxylic acids is 1. The van der Waals surface area contributed by atoms with Crippen LogP contribution in [0, 0.1) is 0 Å². The van der Waals surface area contributed by atoms with Gasteiger partial charge < -0.3 is 10.1 Å². The number of nitrogens with one attached hydrogen (secondary N) is 1. The average Bonchev–Trinajstić information content (AvgIpc) is 2.37. The van der Waals surface area contributed by atoms with Crippen LogP contribution < -0.4 is 5.32 Å². The van der Waals surface area contributed by atoms with E-state index in [0.29, 0.717) is 19.7 Å². The van der Waals surface area contributed by atoms with Crippen LogP contribution in [0.25, 0.3) is 0 Å². The summed E-state index contributed by atoms with van der Waals surface area (Å²) in [6.45, 7) is 2.51. The maximum absolute atomic E-state index is 11.7. The number of hydrogen-bond donors (Lipinski definition) is 1. The fraction of sp³-hybridized carbons (Fsp3) is 0.500. The predicted octanol–water partition coefficient (Wildman–Crippen LogP) is 2.03. The molecule has 1 N–H and O–H groups in total. The fourth-order valence-corrected chi connectivity index (χ4v) is 1.97. The highest BCUT2D eigenvalue weighted by atomic mass is 79.9. The number of carbonyl (C=O) groups is 1. The molecule has 0 heterocycles. The summed E-state index contributed by atoms with van der Waals surface area (Å²) in [5.41, 5.74) is 1.19. The molecule has 0 spiro atoms. The van der Waals surface area contributed by atoms with Gasteiger partial charge in [0, 0.05) is 31.3 Å². The third-order valence-corrected chi connectivity index (χ3v) is 3.16. The summed E-state index contributed by atoms with van der Waals surface area (Å²) >= 11 is 3.41. The van der Waals surface area contributed by atoms with Crippen molar-refractivity contribution in [1.29, 1.82) is 0 Å². The van der Waals surface area contributed by atoms with E-state index in [4.69, 9.17) is 4.74 Å². The average molecular weight is 329 g/mol. The number of likely N-dealkylation sites (N-methyl/N-ethyl adjacent to an activating group) is 1. The van der Waals surface area contributed by atoms with Crippen molar-refractivity contribution >= 4 is 21.8 Å². The van der Waals surface area contributed by atoms with Crippen molar-refractivity contribution in [2.75, 3.05) is 33.9 Å². The van der Waals surface area contributed by atoms with E-state index in [2.05, 4.69) is 33.4 Å². The monoisotopic (exact) mass is 328 g/mol. The van der Waals surface area contributed by atoms with E-state index >= 15 is 0 Å². The number of ether oxygens (including phenoxy) is 1. The fourth-order valence-electron chi connectivity index (χ4n) is 1.70. The summed E-state index contributed by atoms with van der Waals surface area (Å²) < 4.78 is 5.99. The molecule has 4 nitrogen and oxygen atoms in total. The molecule has 0 bridgehead atoms. The molecule has 0 atom stereocenters. The van der Waals surface area contributed by atoms with Crippen molar-refractivity contribution in [3.63, 3.8) is 0 Å². The van der Waals surface area contributed by atoms with Gasteiger partial charge >= 0.3 is 0 Å². The second-order valence-electron chi connectivity index (χ2n) is 4.50. The summed E-state index contributed by atoms with van der Waals surface area (Å²) in [5, 5.41) is 2.88. The Bertz CT molecular complexity index is 382. The summed E-state index contributed by atoms with van der Waals surface area (Å²) in [7, 11) is 3.60. The van der Waals surface area contributed by atoms with Crippen molar-refractivity contribution in [1.82, 2.24) is 10.2 Å². The molecule has 19 heavy (non-hydrogen) atoms. The number of methoxy groups -OCH3 is 1. The van der Waals surface area contributed by atoms with Crippen molar-refractivity contribution in [3.05, 3.63) is 34.3 Å². The second kappa shape index (κ2) is 9.07. The van der Waals surface area contributed by atoms with Crippen LogP contribution in [0.2, 0.25) is 0 Å². The molecular weight excluding hydrogens is 308 g/mol. The van der Waals surface area contributed by atoms with Crippen LogP contribution in [0.5, 0.6) is 0 Å². The summed E-state index contributed by atoms with van der Waals surface area (Å²) in [6, 6.07) is 8.12. The van der Waals surface area contributed by atoms with Crippen molar-refractivity contribution < 1.29 is 9.53 Å². The van der Waals surface area contributed by atoms with Crippen LogP contribution in [0.1, 0.15) is 12.0 Å². The number of benzene rings is 1. The molecule has 0 aliphatic rings. The van der Waals surface area contributed by atoms with Crippen LogP contribution >= 0.6 is 15.9 Å². The molecule has 0 aromatic heterocycles. The number of rotatable bonds is 8. The lowest BCUT2D eigenvalue weighted by atomic mass is 10.2. The van der Waals surface area contributed by atoms with Crippen LogP contribution in [-0.4, -0.2) is 44.7 Å². The van der Waals surface area contributed by atoms with Gasteiger partial charge in [-0.2, -0.15) is 0 Å². The van der Waals surface area contributed by atoms with E-state index in [-0.39, 0.29) is 5.91 Å². The van der Waals surface area contributed by atoms with Crippen LogP contribution in [0.4, 0.5) is 0 Å². The lowest BCUT2D eigenvalue weighted by molar-refractivity contribution is -0.122. The second-order valence-corrected chi connectivity index (χ2v) is 5.41. The van der Waals surface area contributed by atoms with Crippen LogP contribution in [0.3, 0.4) is 0 Å². The minimum absolute atomic E-state index is 0.0516. The first-order chi connectivity index (χ1) is 9.11. The third-order valence-electron chi connectivity index (χ3n) is 2.63. The van der Waals surface area contributed by atoms with E-state index in [9.17, 15) is 4.79 Å². The Kier molecular flexibility index (Phi) is 7.70. The molecule has 0 fully saturated rings. The molecule has 1 aromatic carbocycles. The van der Waals surface area contributed by atoms with Crippen molar-refractivity contribution in [3.8, 4) is 0 Å². The summed E-state index contributed by atoms with van der Waals surface area (Å²) in [6.07, 6.45) is 0.846. The number of hydrogen-bond acceptors (Lipinski definition) is 3. The zero-order valence-corrected chi connectivity index (χ0v) is 13.1. The van der Waals surface area contributed by atoms with Gasteiger partial charge in [-0.1, -0.05) is 28.1 Å². The first-order valence-corrected chi connectivity index (χ1v) is 7.09. The normalized spacial score (nSPS) is 10.7. The lowest BCUT2D eigenvalue weighted by Crippen LogP contribution is -2.35. The largest absolute Gasteiger partial charge is 0.385 e. The van der Waals surface area contributed by atoms with Gasteiger partial charge in [0.15, 0.2) is 0 Å². The zero-order chi connectivity index (χ0) is 14.1. The van der Waals surface area contributed by atoms with Crippen LogP contribution in [0.15, 0.2) is 28.7 Å². The van der Waals surface area contributed by atoms with Gasteiger partial charge in [-0.05, 0) is 31.2 Å². The highest BCUT2D eigenvalue weighted by molar-refractivity contribution is 9.10. The van der Waals surface area contributed by atoms with E-state index < -0.39 is 0 Å². The van der Waals surface area contributed by atoms with E-state index in [1.807, 2.05) is 24.1 Å². The van der Waals surface area contributed by atoms with Gasteiger partial charge in [0.25, 0.3) is 0 Å². The first kappa shape index (κ1) is 16.1. The number of halogens is 1. The van der Waals surface area contributed by atoms with Gasteiger partial charge in [0.2, 0.25) is 5.91 Å². The minimum atomic E-state index is 0.0516. The smallest absolute Gasteiger partial charge is 0.234 e. The Morgan fingerprint density at radius 1 is 1.37 bits per heavy atom. The van der Waals surface area contributed by atoms with Gasteiger partial charge in [-0.3, -0.25) is 9.69 Å². The Morgan fingerprint density at radius 3 is 2.68 bits per heavy atom. The van der Waals surface area contributed by atoms with Gasteiger partial charge in [0.05, 0.1) is 6.54 Å². The Morgan fingerprint density at radius 2 is 2.05 bits per heavy atom. The lowest BCUT2D eigenvalue weighted by Gasteiger charge is -2.16. The molecule has 5 heteroatoms. The molecule has 0 radical (unpaired) electrons. The predicted molar refractivity (Wildman–Crippen MR) is 80.0 cm³/mol. The molecule has 1 amide bonds. The van der Waals surface area contributed by atoms with Crippen LogP contribution in [-0.2, 0) is 16.1 Å². The highest BCUT2D eigenvalue weighted by Crippen LogP contribution is 2.11. The molecule has 0 unspecified atom stereocenters. The number of nitrogens with zero attached hydrogens (tertiary/aromatic N) is 1. The van der Waals surface area contributed by atoms with E-state index in [1.54, 1.807) is 7.11 Å². The summed E-state index contributed by atoms with van der Waals surface area (Å²) in [5.74, 6) is 0.0516. The molecule has 1 rings (SSSR count). The Balaban J connectivity index is 2.24. The molecule has 0 aliphatic carbocycles. The Labute approximate surface area is 123 Å². The third kappa shape index (κ3) is 7.30. The minimum Gasteiger partial charge on any atom is -0.385 e. The topological polar surface area (TPSA) is 41.6 Å². The molecule has 0 saturated carbocycles. The Hall–Kier alpha value is -0.910. The molecule has 0 aliphatic heterocycles. The highest BCUT2D eigenvalue weighted by Gasteiger charge is 2.06. The SMILES string of the molecule is COCCCNC(=O)CN(C)Cc1ccc(Br)cc1. The molecule has 106 valence electrons. The molecular formula is C14H21BrN2O2. The summed E-state index contributed by atoms with van der Waals surface area (Å²) in [4.78, 5) is 13.7. The van der Waals surface area contributed by atoms with E-state index in [0.717, 1.165) is 17.4 Å². The van der Waals surface area contributed by atoms with Gasteiger partial charge in [-0.25, -0.2) is 0 Å². The standard InChI is InChI=1S/C14H21BrN2O2/c1-17(10-12-4-6-13(15)7-5-12)11-14(18)16-8-3-9-19-2/h4-7H,3,8-11H2,1-2H3,(H,16,18). The van der Waals surface area contributed by atoms with E-state index in [1.165, 1.54) is 5.56 Å². The first-order valence-electron chi connectivity index (χ1n) is 6.30. The maximum Gasteiger partial charge on any atom is 0.234 e. The zero-order valence-electron chi connectivity index (χ0n) is 11.5. The maximum atomic E-state index is 11.7. The van der Waals surface area contributed by atoms with Crippen molar-refractivity contribution in [2.45, 2.75) is 13.0 Å². The molecule has 1 aromatic rings. The molecule has 0 saturated heterocycles. The van der Waals surface area contributed by atoms with Gasteiger partial charge in [0.1, 0.15) is 0 Å².